The summed E-state index contributed by atoms with van der Waals surface area (Å²) in [4.78, 5) is 0. The van der Waals surface area contributed by atoms with Crippen LogP contribution < -0.4 is 10.0 Å². The smallest absolute Gasteiger partial charge is 0.234 e. The van der Waals surface area contributed by atoms with Crippen LogP contribution in [0.4, 0.5) is 5.69 Å². The van der Waals surface area contributed by atoms with Gasteiger partial charge in [0.1, 0.15) is 0 Å². The summed E-state index contributed by atoms with van der Waals surface area (Å²) in [6, 6.07) is 5.70. The van der Waals surface area contributed by atoms with Crippen LogP contribution in [-0.4, -0.2) is 26.8 Å². The molecule has 2 N–H and O–H groups in total. The molecule has 18 heavy (non-hydrogen) atoms. The summed E-state index contributed by atoms with van der Waals surface area (Å²) >= 11 is 0. The molecule has 1 aromatic rings. The molecule has 1 fully saturated rings. The van der Waals surface area contributed by atoms with Crippen molar-refractivity contribution in [2.45, 2.75) is 32.7 Å². The standard InChI is InChI=1S/C13H20N2O2S/c1-10-5-6-12(8-11(10)2)15-18(16,17)9-13-4-3-7-14-13/h5-6,8,13-15H,3-4,7,9H2,1-2H3. The Bertz CT molecular complexity index is 520. The SMILES string of the molecule is Cc1ccc(NS(=O)(=O)CC2CCCN2)cc1C. The van der Waals surface area contributed by atoms with Crippen LogP contribution in [0.25, 0.3) is 0 Å². The minimum Gasteiger partial charge on any atom is -0.313 e. The van der Waals surface area contributed by atoms with Gasteiger partial charge < -0.3 is 5.32 Å². The van der Waals surface area contributed by atoms with Gasteiger partial charge in [0.25, 0.3) is 0 Å². The Kier molecular flexibility index (Phi) is 3.92. The monoisotopic (exact) mass is 268 g/mol. The summed E-state index contributed by atoms with van der Waals surface area (Å²) in [7, 11) is -3.26. The van der Waals surface area contributed by atoms with Crippen molar-refractivity contribution < 1.29 is 8.42 Å². The van der Waals surface area contributed by atoms with Crippen LogP contribution in [0.5, 0.6) is 0 Å². The van der Waals surface area contributed by atoms with Crippen molar-refractivity contribution >= 4 is 15.7 Å². The zero-order valence-corrected chi connectivity index (χ0v) is 11.7. The minimum absolute atomic E-state index is 0.0917. The Balaban J connectivity index is 2.04. The van der Waals surface area contributed by atoms with Gasteiger partial charge in [0.2, 0.25) is 10.0 Å². The summed E-state index contributed by atoms with van der Waals surface area (Å²) < 4.78 is 26.6. The van der Waals surface area contributed by atoms with E-state index in [1.54, 1.807) is 0 Å². The summed E-state index contributed by atoms with van der Waals surface area (Å²) in [5.74, 6) is 0.153. The molecule has 0 radical (unpaired) electrons. The van der Waals surface area contributed by atoms with E-state index in [1.807, 2.05) is 32.0 Å². The molecule has 4 nitrogen and oxygen atoms in total. The second kappa shape index (κ2) is 5.28. The second-order valence-electron chi connectivity index (χ2n) is 4.98. The quantitative estimate of drug-likeness (QED) is 0.875. The van der Waals surface area contributed by atoms with E-state index in [2.05, 4.69) is 10.0 Å². The van der Waals surface area contributed by atoms with Crippen LogP contribution in [0, 0.1) is 13.8 Å². The number of nitrogens with one attached hydrogen (secondary N) is 2. The normalized spacial score (nSPS) is 20.0. The van der Waals surface area contributed by atoms with Gasteiger partial charge in [-0.3, -0.25) is 4.72 Å². The van der Waals surface area contributed by atoms with Crippen LogP contribution in [0.15, 0.2) is 18.2 Å². The van der Waals surface area contributed by atoms with Crippen LogP contribution in [0.3, 0.4) is 0 Å². The highest BCUT2D eigenvalue weighted by Gasteiger charge is 2.21. The molecule has 1 saturated heterocycles. The lowest BCUT2D eigenvalue weighted by atomic mass is 10.1. The van der Waals surface area contributed by atoms with Gasteiger partial charge in [0, 0.05) is 11.7 Å². The fraction of sp³-hybridized carbons (Fsp3) is 0.538. The lowest BCUT2D eigenvalue weighted by Crippen LogP contribution is -2.32. The van der Waals surface area contributed by atoms with E-state index in [0.29, 0.717) is 5.69 Å². The third-order valence-corrected chi connectivity index (χ3v) is 4.75. The summed E-state index contributed by atoms with van der Waals surface area (Å²) in [6.07, 6.45) is 2.00. The Morgan fingerprint density at radius 3 is 2.72 bits per heavy atom. The Morgan fingerprint density at radius 1 is 1.33 bits per heavy atom. The lowest BCUT2D eigenvalue weighted by Gasteiger charge is -2.13. The van der Waals surface area contributed by atoms with Gasteiger partial charge in [0.15, 0.2) is 0 Å². The number of hydrogen-bond acceptors (Lipinski definition) is 3. The minimum atomic E-state index is -3.26. The van der Waals surface area contributed by atoms with Crippen LogP contribution in [-0.2, 0) is 10.0 Å². The predicted molar refractivity (Wildman–Crippen MR) is 74.4 cm³/mol. The maximum Gasteiger partial charge on any atom is 0.234 e. The maximum absolute atomic E-state index is 12.0. The highest BCUT2D eigenvalue weighted by atomic mass is 32.2. The number of rotatable bonds is 4. The lowest BCUT2D eigenvalue weighted by molar-refractivity contribution is 0.582. The van der Waals surface area contributed by atoms with E-state index in [4.69, 9.17) is 0 Å². The van der Waals surface area contributed by atoms with Crippen LogP contribution >= 0.6 is 0 Å². The Morgan fingerprint density at radius 2 is 2.11 bits per heavy atom. The van der Waals surface area contributed by atoms with E-state index in [9.17, 15) is 8.42 Å². The van der Waals surface area contributed by atoms with Crippen molar-refractivity contribution in [3.8, 4) is 0 Å². The molecule has 1 atom stereocenters. The van der Waals surface area contributed by atoms with E-state index < -0.39 is 10.0 Å². The molecule has 100 valence electrons. The largest absolute Gasteiger partial charge is 0.313 e. The van der Waals surface area contributed by atoms with Gasteiger partial charge in [-0.2, -0.15) is 0 Å². The highest BCUT2D eigenvalue weighted by Crippen LogP contribution is 2.16. The molecule has 0 aliphatic carbocycles. The van der Waals surface area contributed by atoms with Crippen molar-refractivity contribution in [3.63, 3.8) is 0 Å². The first-order chi connectivity index (χ1) is 8.46. The van der Waals surface area contributed by atoms with E-state index in [1.165, 1.54) is 0 Å². The van der Waals surface area contributed by atoms with Gasteiger partial charge >= 0.3 is 0 Å². The van der Waals surface area contributed by atoms with E-state index in [-0.39, 0.29) is 11.8 Å². The molecular weight excluding hydrogens is 248 g/mol. The molecule has 1 aliphatic heterocycles. The number of anilines is 1. The third-order valence-electron chi connectivity index (χ3n) is 3.36. The molecule has 0 bridgehead atoms. The number of hydrogen-bond donors (Lipinski definition) is 2. The van der Waals surface area contributed by atoms with Gasteiger partial charge in [0.05, 0.1) is 5.75 Å². The third kappa shape index (κ3) is 3.46. The molecule has 5 heteroatoms. The maximum atomic E-state index is 12.0. The van der Waals surface area contributed by atoms with Crippen molar-refractivity contribution in [1.29, 1.82) is 0 Å². The molecule has 1 heterocycles. The molecule has 2 rings (SSSR count). The summed E-state index contributed by atoms with van der Waals surface area (Å²) in [5, 5.41) is 3.20. The second-order valence-corrected chi connectivity index (χ2v) is 6.74. The first kappa shape index (κ1) is 13.4. The number of aryl methyl sites for hydroxylation is 2. The number of benzene rings is 1. The average Bonchev–Trinajstić information content (AvgIpc) is 2.75. The number of sulfonamides is 1. The van der Waals surface area contributed by atoms with Crippen molar-refractivity contribution in [1.82, 2.24) is 5.32 Å². The zero-order valence-electron chi connectivity index (χ0n) is 10.9. The van der Waals surface area contributed by atoms with Gasteiger partial charge in [-0.25, -0.2) is 8.42 Å². The predicted octanol–water partition coefficient (Wildman–Crippen LogP) is 1.80. The molecule has 1 unspecified atom stereocenters. The molecule has 0 saturated carbocycles. The summed E-state index contributed by atoms with van der Waals surface area (Å²) in [5.41, 5.74) is 2.90. The molecular formula is C13H20N2O2S. The highest BCUT2D eigenvalue weighted by molar-refractivity contribution is 7.92. The van der Waals surface area contributed by atoms with Crippen LogP contribution in [0.1, 0.15) is 24.0 Å². The van der Waals surface area contributed by atoms with Crippen molar-refractivity contribution in [3.05, 3.63) is 29.3 Å². The zero-order chi connectivity index (χ0) is 13.2. The molecule has 0 aromatic heterocycles. The Hall–Kier alpha value is -1.07. The van der Waals surface area contributed by atoms with Crippen molar-refractivity contribution in [2.24, 2.45) is 0 Å². The fourth-order valence-electron chi connectivity index (χ4n) is 2.19. The van der Waals surface area contributed by atoms with Crippen molar-refractivity contribution in [2.75, 3.05) is 17.0 Å². The van der Waals surface area contributed by atoms with Gasteiger partial charge in [-0.05, 0) is 56.5 Å². The van der Waals surface area contributed by atoms with Crippen LogP contribution in [0.2, 0.25) is 0 Å². The van der Waals surface area contributed by atoms with E-state index in [0.717, 1.165) is 30.5 Å². The average molecular weight is 268 g/mol. The molecule has 1 aromatic carbocycles. The Labute approximate surface area is 109 Å². The molecule has 0 spiro atoms. The molecule has 1 aliphatic rings. The fourth-order valence-corrected chi connectivity index (χ4v) is 3.57. The first-order valence-electron chi connectivity index (χ1n) is 6.27. The summed E-state index contributed by atoms with van der Waals surface area (Å²) in [6.45, 7) is 4.91. The van der Waals surface area contributed by atoms with Gasteiger partial charge in [-0.1, -0.05) is 6.07 Å². The topological polar surface area (TPSA) is 58.2 Å². The first-order valence-corrected chi connectivity index (χ1v) is 7.93. The van der Waals surface area contributed by atoms with E-state index >= 15 is 0 Å². The van der Waals surface area contributed by atoms with Gasteiger partial charge in [-0.15, -0.1) is 0 Å². The molecule has 0 amide bonds.